The second-order valence-electron chi connectivity index (χ2n) is 3.67. The lowest BCUT2D eigenvalue weighted by Crippen LogP contribution is -1.96. The molecule has 0 heterocycles. The number of ether oxygens (including phenoxy) is 1. The summed E-state index contributed by atoms with van der Waals surface area (Å²) in [5, 5.41) is 0. The largest absolute Gasteiger partial charge is 0.496 e. The molecule has 0 bridgehead atoms. The van der Waals surface area contributed by atoms with Gasteiger partial charge in [-0.1, -0.05) is 17.7 Å². The quantitative estimate of drug-likeness (QED) is 0.820. The van der Waals surface area contributed by atoms with E-state index in [0.717, 1.165) is 17.7 Å². The minimum atomic E-state index is 0.686. The maximum atomic E-state index is 5.48. The predicted molar refractivity (Wildman–Crippen MR) is 65.1 cm³/mol. The van der Waals surface area contributed by atoms with Crippen LogP contribution < -0.4 is 10.5 Å². The van der Waals surface area contributed by atoms with Crippen molar-refractivity contribution in [1.29, 1.82) is 0 Å². The molecule has 2 nitrogen and oxygen atoms in total. The van der Waals surface area contributed by atoms with E-state index in [9.17, 15) is 0 Å². The number of nitrogens with two attached hydrogens (primary N) is 1. The minimum absolute atomic E-state index is 0.686. The Hall–Kier alpha value is -1.28. The first kappa shape index (κ1) is 11.8. The molecule has 0 aliphatic rings. The zero-order valence-electron chi connectivity index (χ0n) is 9.71. The van der Waals surface area contributed by atoms with Crippen molar-refractivity contribution in [3.8, 4) is 5.75 Å². The molecule has 0 aromatic heterocycles. The van der Waals surface area contributed by atoms with Crippen LogP contribution in [-0.4, -0.2) is 13.7 Å². The maximum Gasteiger partial charge on any atom is 0.126 e. The van der Waals surface area contributed by atoms with E-state index in [2.05, 4.69) is 32.1 Å². The number of hydrogen-bond acceptors (Lipinski definition) is 2. The van der Waals surface area contributed by atoms with Gasteiger partial charge in [-0.3, -0.25) is 0 Å². The van der Waals surface area contributed by atoms with E-state index in [1.54, 1.807) is 7.11 Å². The fraction of sp³-hybridized carbons (Fsp3) is 0.385. The molecule has 15 heavy (non-hydrogen) atoms. The number of aryl methyl sites for hydroxylation is 1. The Morgan fingerprint density at radius 2 is 2.20 bits per heavy atom. The molecule has 2 heteroatoms. The fourth-order valence-electron chi connectivity index (χ4n) is 1.54. The van der Waals surface area contributed by atoms with Crippen LogP contribution in [-0.2, 0) is 0 Å². The third kappa shape index (κ3) is 3.10. The van der Waals surface area contributed by atoms with Gasteiger partial charge in [-0.25, -0.2) is 0 Å². The number of methoxy groups -OCH3 is 1. The molecule has 0 radical (unpaired) electrons. The molecule has 1 aromatic carbocycles. The molecule has 1 rings (SSSR count). The van der Waals surface area contributed by atoms with Crippen molar-refractivity contribution in [1.82, 2.24) is 0 Å². The first-order chi connectivity index (χ1) is 7.19. The SMILES string of the molecule is COc1ccc(C)cc1/C(C)=C/CCN. The van der Waals surface area contributed by atoms with Crippen molar-refractivity contribution in [3.63, 3.8) is 0 Å². The minimum Gasteiger partial charge on any atom is -0.496 e. The summed E-state index contributed by atoms with van der Waals surface area (Å²) < 4.78 is 5.33. The van der Waals surface area contributed by atoms with Crippen LogP contribution in [0.1, 0.15) is 24.5 Å². The second kappa shape index (κ2) is 5.56. The van der Waals surface area contributed by atoms with Crippen LogP contribution in [0.3, 0.4) is 0 Å². The number of allylic oxidation sites excluding steroid dienone is 1. The highest BCUT2D eigenvalue weighted by Crippen LogP contribution is 2.26. The lowest BCUT2D eigenvalue weighted by Gasteiger charge is -2.09. The Morgan fingerprint density at radius 3 is 2.80 bits per heavy atom. The molecule has 0 unspecified atom stereocenters. The van der Waals surface area contributed by atoms with Gasteiger partial charge in [0.05, 0.1) is 7.11 Å². The summed E-state index contributed by atoms with van der Waals surface area (Å²) in [6.07, 6.45) is 3.06. The first-order valence-electron chi connectivity index (χ1n) is 5.21. The molecule has 0 aliphatic carbocycles. The average Bonchev–Trinajstić information content (AvgIpc) is 2.25. The molecule has 0 saturated heterocycles. The van der Waals surface area contributed by atoms with Crippen LogP contribution in [0.25, 0.3) is 5.57 Å². The van der Waals surface area contributed by atoms with Gasteiger partial charge in [-0.05, 0) is 44.5 Å². The first-order valence-corrected chi connectivity index (χ1v) is 5.21. The van der Waals surface area contributed by atoms with Crippen LogP contribution in [0, 0.1) is 6.92 Å². The van der Waals surface area contributed by atoms with E-state index in [1.165, 1.54) is 11.1 Å². The molecule has 0 amide bonds. The van der Waals surface area contributed by atoms with E-state index in [4.69, 9.17) is 10.5 Å². The van der Waals surface area contributed by atoms with Crippen LogP contribution in [0.5, 0.6) is 5.75 Å². The summed E-state index contributed by atoms with van der Waals surface area (Å²) in [5.74, 6) is 0.923. The summed E-state index contributed by atoms with van der Waals surface area (Å²) >= 11 is 0. The molecule has 2 N–H and O–H groups in total. The number of hydrogen-bond donors (Lipinski definition) is 1. The Labute approximate surface area is 91.7 Å². The highest BCUT2D eigenvalue weighted by atomic mass is 16.5. The summed E-state index contributed by atoms with van der Waals surface area (Å²) in [5.41, 5.74) is 9.10. The van der Waals surface area contributed by atoms with Crippen LogP contribution >= 0.6 is 0 Å². The summed E-state index contributed by atoms with van der Waals surface area (Å²) in [4.78, 5) is 0. The van der Waals surface area contributed by atoms with Crippen LogP contribution in [0.15, 0.2) is 24.3 Å². The molecule has 0 saturated carbocycles. The number of rotatable bonds is 4. The molecule has 1 aromatic rings. The third-order valence-corrected chi connectivity index (χ3v) is 2.40. The van der Waals surface area contributed by atoms with Gasteiger partial charge < -0.3 is 10.5 Å². The van der Waals surface area contributed by atoms with Crippen molar-refractivity contribution in [2.24, 2.45) is 5.73 Å². The average molecular weight is 205 g/mol. The normalized spacial score (nSPS) is 11.6. The Balaban J connectivity index is 3.05. The molecular weight excluding hydrogens is 186 g/mol. The lowest BCUT2D eigenvalue weighted by molar-refractivity contribution is 0.413. The summed E-state index contributed by atoms with van der Waals surface area (Å²) in [7, 11) is 1.70. The maximum absolute atomic E-state index is 5.48. The molecule has 0 atom stereocenters. The van der Waals surface area contributed by atoms with Crippen LogP contribution in [0.4, 0.5) is 0 Å². The highest BCUT2D eigenvalue weighted by Gasteiger charge is 2.04. The van der Waals surface area contributed by atoms with E-state index >= 15 is 0 Å². The Morgan fingerprint density at radius 1 is 1.47 bits per heavy atom. The second-order valence-corrected chi connectivity index (χ2v) is 3.67. The van der Waals surface area contributed by atoms with Gasteiger partial charge in [0.25, 0.3) is 0 Å². The van der Waals surface area contributed by atoms with Gasteiger partial charge in [0.2, 0.25) is 0 Å². The van der Waals surface area contributed by atoms with E-state index < -0.39 is 0 Å². The molecule has 0 aliphatic heterocycles. The van der Waals surface area contributed by atoms with E-state index in [1.807, 2.05) is 6.07 Å². The van der Waals surface area contributed by atoms with Gasteiger partial charge in [-0.15, -0.1) is 0 Å². The summed E-state index contributed by atoms with van der Waals surface area (Å²) in [6, 6.07) is 6.20. The smallest absolute Gasteiger partial charge is 0.126 e. The summed E-state index contributed by atoms with van der Waals surface area (Å²) in [6.45, 7) is 4.86. The van der Waals surface area contributed by atoms with Gasteiger partial charge in [0.15, 0.2) is 0 Å². The van der Waals surface area contributed by atoms with Gasteiger partial charge in [-0.2, -0.15) is 0 Å². The monoisotopic (exact) mass is 205 g/mol. The van der Waals surface area contributed by atoms with Crippen LogP contribution in [0.2, 0.25) is 0 Å². The van der Waals surface area contributed by atoms with Crippen molar-refractivity contribution >= 4 is 5.57 Å². The predicted octanol–water partition coefficient (Wildman–Crippen LogP) is 2.76. The third-order valence-electron chi connectivity index (χ3n) is 2.40. The lowest BCUT2D eigenvalue weighted by atomic mass is 10.0. The standard InChI is InChI=1S/C13H19NO/c1-10-6-7-13(15-3)12(9-10)11(2)5-4-8-14/h5-7,9H,4,8,14H2,1-3H3/b11-5+. The molecular formula is C13H19NO. The Kier molecular flexibility index (Phi) is 4.37. The zero-order chi connectivity index (χ0) is 11.3. The van der Waals surface area contributed by atoms with Crippen molar-refractivity contribution in [2.45, 2.75) is 20.3 Å². The highest BCUT2D eigenvalue weighted by molar-refractivity contribution is 5.69. The van der Waals surface area contributed by atoms with Crippen molar-refractivity contribution < 1.29 is 4.74 Å². The van der Waals surface area contributed by atoms with Crippen molar-refractivity contribution in [2.75, 3.05) is 13.7 Å². The molecule has 0 fully saturated rings. The molecule has 82 valence electrons. The Bertz CT molecular complexity index is 356. The van der Waals surface area contributed by atoms with E-state index in [0.29, 0.717) is 6.54 Å². The fourth-order valence-corrected chi connectivity index (χ4v) is 1.54. The number of benzene rings is 1. The topological polar surface area (TPSA) is 35.2 Å². The van der Waals surface area contributed by atoms with Crippen molar-refractivity contribution in [3.05, 3.63) is 35.4 Å². The van der Waals surface area contributed by atoms with Gasteiger partial charge in [0, 0.05) is 5.56 Å². The van der Waals surface area contributed by atoms with E-state index in [-0.39, 0.29) is 0 Å². The van der Waals surface area contributed by atoms with Gasteiger partial charge in [0.1, 0.15) is 5.75 Å². The molecule has 0 spiro atoms. The zero-order valence-corrected chi connectivity index (χ0v) is 9.71. The van der Waals surface area contributed by atoms with Gasteiger partial charge >= 0.3 is 0 Å².